The maximum absolute atomic E-state index is 15.2. The molecule has 27 nitrogen and oxygen atoms in total. The lowest BCUT2D eigenvalue weighted by Gasteiger charge is -2.37. The second-order valence-corrected chi connectivity index (χ2v) is 20.0. The first-order valence-corrected chi connectivity index (χ1v) is 22.9. The molecule has 6 rings (SSSR count). The van der Waals surface area contributed by atoms with Gasteiger partial charge in [0.2, 0.25) is 0 Å². The average Bonchev–Trinajstić information content (AvgIpc) is 3.93. The molecule has 2 unspecified atom stereocenters. The lowest BCUT2D eigenvalue weighted by molar-refractivity contribution is -0.0794. The van der Waals surface area contributed by atoms with Crippen molar-refractivity contribution in [3.05, 3.63) is 97.8 Å². The third-order valence-electron chi connectivity index (χ3n) is 11.1. The zero-order valence-electron chi connectivity index (χ0n) is 34.9. The first kappa shape index (κ1) is 49.5. The Morgan fingerprint density at radius 2 is 1.08 bits per heavy atom. The average molecular weight is 957 g/mol. The van der Waals surface area contributed by atoms with Crippen LogP contribution in [0.25, 0.3) is 0 Å². The van der Waals surface area contributed by atoms with Gasteiger partial charge in [-0.15, -0.1) is 0 Å². The third kappa shape index (κ3) is 9.66. The Morgan fingerprint density at radius 3 is 1.51 bits per heavy atom. The van der Waals surface area contributed by atoms with Crippen LogP contribution in [0.5, 0.6) is 0 Å². The number of aromatic amines is 3. The van der Waals surface area contributed by atoms with Crippen LogP contribution in [0, 0.1) is 43.4 Å². The van der Waals surface area contributed by atoms with Crippen molar-refractivity contribution in [1.29, 1.82) is 10.5 Å². The summed E-state index contributed by atoms with van der Waals surface area (Å²) in [4.78, 5) is 81.1. The molecule has 0 aromatic carbocycles. The van der Waals surface area contributed by atoms with Crippen molar-refractivity contribution in [2.24, 2.45) is 0 Å². The van der Waals surface area contributed by atoms with Crippen LogP contribution >= 0.6 is 15.2 Å². The molecule has 3 aliphatic heterocycles. The molecule has 0 spiro atoms. The van der Waals surface area contributed by atoms with E-state index in [0.29, 0.717) is 0 Å². The molecule has 0 radical (unpaired) electrons. The van der Waals surface area contributed by atoms with Crippen LogP contribution < -0.4 is 33.7 Å². The SMILES string of the molecule is Cc1cn([C@H]2C[C@H](O)[C@@H](COP(=O)(OCCC#N)[C@]3(O)C[C@H](n4cc(C)c(=O)[nH]c4=O)O[C@@H]3COP(=O)(OCCC#N)[C@]3(O)C[C@H](n4cc(C)c(=O)[nH]c4=O)O[C@@H]3CO)O2)c(=O)[nH]c1=O. The van der Waals surface area contributed by atoms with Gasteiger partial charge in [0.1, 0.15) is 37.0 Å². The number of hydrogen-bond donors (Lipinski definition) is 7. The molecule has 3 aromatic rings. The van der Waals surface area contributed by atoms with E-state index in [1.165, 1.54) is 27.0 Å². The summed E-state index contributed by atoms with van der Waals surface area (Å²) >= 11 is 0. The first-order valence-electron chi connectivity index (χ1n) is 19.8. The van der Waals surface area contributed by atoms with E-state index in [4.69, 9.17) is 32.3 Å². The molecular weight excluding hydrogens is 910 g/mol. The Bertz CT molecular complexity index is 2830. The number of nitrogens with zero attached hydrogens (tertiary/aromatic N) is 5. The molecule has 11 atom stereocenters. The quantitative estimate of drug-likeness (QED) is 0.0560. The van der Waals surface area contributed by atoms with E-state index in [1.54, 1.807) is 12.1 Å². The molecule has 3 fully saturated rings. The van der Waals surface area contributed by atoms with Crippen molar-refractivity contribution in [2.45, 2.75) is 107 Å². The number of ether oxygens (including phenoxy) is 3. The van der Waals surface area contributed by atoms with Crippen molar-refractivity contribution >= 4 is 15.2 Å². The predicted molar refractivity (Wildman–Crippen MR) is 216 cm³/mol. The summed E-state index contributed by atoms with van der Waals surface area (Å²) in [6.45, 7) is -0.305. The summed E-state index contributed by atoms with van der Waals surface area (Å²) in [7, 11) is -10.5. The molecule has 0 amide bonds. The van der Waals surface area contributed by atoms with Gasteiger partial charge in [-0.3, -0.25) is 52.2 Å². The van der Waals surface area contributed by atoms with Crippen molar-refractivity contribution in [1.82, 2.24) is 28.7 Å². The van der Waals surface area contributed by atoms with Gasteiger partial charge in [-0.1, -0.05) is 0 Å². The maximum Gasteiger partial charge on any atom is 0.365 e. The Balaban J connectivity index is 1.37. The Hall–Kier alpha value is -4.96. The lowest BCUT2D eigenvalue weighted by Crippen LogP contribution is -2.45. The molecule has 65 heavy (non-hydrogen) atoms. The fraction of sp³-hybridized carbons (Fsp3) is 0.611. The van der Waals surface area contributed by atoms with Crippen LogP contribution in [-0.2, 0) is 41.4 Å². The fourth-order valence-corrected chi connectivity index (χ4v) is 11.6. The molecule has 7 N–H and O–H groups in total. The smallest absolute Gasteiger partial charge is 0.365 e. The van der Waals surface area contributed by atoms with Crippen molar-refractivity contribution < 1.29 is 61.9 Å². The number of aryl methyl sites for hydroxylation is 3. The second kappa shape index (κ2) is 19.5. The fourth-order valence-electron chi connectivity index (χ4n) is 7.45. The zero-order valence-corrected chi connectivity index (χ0v) is 36.7. The van der Waals surface area contributed by atoms with Crippen molar-refractivity contribution in [3.63, 3.8) is 0 Å². The van der Waals surface area contributed by atoms with E-state index < -0.39 is 161 Å². The monoisotopic (exact) mass is 956 g/mol. The van der Waals surface area contributed by atoms with Crippen LogP contribution in [0.4, 0.5) is 0 Å². The zero-order chi connectivity index (χ0) is 47.6. The van der Waals surface area contributed by atoms with Gasteiger partial charge < -0.3 is 52.7 Å². The summed E-state index contributed by atoms with van der Waals surface area (Å²) < 4.78 is 73.2. The number of hydrogen-bond acceptors (Lipinski definition) is 21. The topological polar surface area (TPSA) is 392 Å². The minimum atomic E-state index is -5.26. The molecular formula is C36H46N8O19P2. The van der Waals surface area contributed by atoms with E-state index in [-0.39, 0.29) is 23.1 Å². The summed E-state index contributed by atoms with van der Waals surface area (Å²) in [5.74, 6) is 0. The van der Waals surface area contributed by atoms with E-state index in [2.05, 4.69) is 15.0 Å². The molecule has 3 aromatic heterocycles. The summed E-state index contributed by atoms with van der Waals surface area (Å²) in [5.41, 5.74) is -4.95. The van der Waals surface area contributed by atoms with Crippen LogP contribution in [0.1, 0.15) is 67.5 Å². The Labute approximate surface area is 365 Å². The predicted octanol–water partition coefficient (Wildman–Crippen LogP) is -1.56. The molecule has 0 bridgehead atoms. The minimum absolute atomic E-state index is 0.0138. The number of nitrogens with one attached hydrogen (secondary N) is 3. The molecule has 0 aliphatic carbocycles. The molecule has 0 saturated carbocycles. The maximum atomic E-state index is 15.2. The van der Waals surface area contributed by atoms with Gasteiger partial charge in [-0.05, 0) is 20.8 Å². The number of aliphatic hydroxyl groups is 4. The minimum Gasteiger partial charge on any atom is -0.394 e. The van der Waals surface area contributed by atoms with Crippen molar-refractivity contribution in [3.8, 4) is 12.1 Å². The molecule has 3 aliphatic rings. The van der Waals surface area contributed by atoms with Gasteiger partial charge in [0.05, 0.1) is 64.1 Å². The largest absolute Gasteiger partial charge is 0.394 e. The molecule has 3 saturated heterocycles. The highest BCUT2D eigenvalue weighted by atomic mass is 31.2. The number of nitriles is 2. The van der Waals surface area contributed by atoms with Gasteiger partial charge in [0.15, 0.2) is 10.7 Å². The summed E-state index contributed by atoms with van der Waals surface area (Å²) in [5, 5.41) is 58.9. The van der Waals surface area contributed by atoms with Crippen LogP contribution in [0.2, 0.25) is 0 Å². The van der Waals surface area contributed by atoms with Gasteiger partial charge in [-0.25, -0.2) is 14.4 Å². The van der Waals surface area contributed by atoms with E-state index in [1.807, 2.05) is 0 Å². The molecule has 354 valence electrons. The summed E-state index contributed by atoms with van der Waals surface area (Å²) in [6.07, 6.45) is -10.5. The highest BCUT2D eigenvalue weighted by molar-refractivity contribution is 7.56. The highest BCUT2D eigenvalue weighted by Crippen LogP contribution is 2.69. The van der Waals surface area contributed by atoms with Gasteiger partial charge in [0.25, 0.3) is 16.7 Å². The Kier molecular flexibility index (Phi) is 14.8. The number of aliphatic hydroxyl groups excluding tert-OH is 2. The second-order valence-electron chi connectivity index (χ2n) is 15.4. The Morgan fingerprint density at radius 1 is 0.677 bits per heavy atom. The van der Waals surface area contributed by atoms with Crippen LogP contribution in [0.3, 0.4) is 0 Å². The lowest BCUT2D eigenvalue weighted by atomic mass is 10.2. The standard InChI is InChI=1S/C36H46N8O19P2/c1-19-13-42(32(50)39-29(19)47)26-10-22(46)23(61-26)17-59-65(56,58-9-5-7-38)36(54)12-28(44-15-21(3)31(49)41-34(44)52)63-25(36)18-60-64(55,57-8-4-6-37)35(53)11-27(62-24(35)16-45)43-14-20(2)30(48)40-33(43)51/h13-15,22-28,45-46,53-54H,4-5,8-12,16-18H2,1-3H3,(H,39,47,50)(H,40,48,51)(H,41,49,52)/t22-,23+,24+,25+,26+,27+,28+,35+,36+,64?,65?/m0/s1. The van der Waals surface area contributed by atoms with E-state index >= 15 is 4.57 Å². The number of rotatable bonds is 18. The van der Waals surface area contributed by atoms with Crippen LogP contribution in [0.15, 0.2) is 47.4 Å². The first-order chi connectivity index (χ1) is 30.6. The van der Waals surface area contributed by atoms with Gasteiger partial charge >= 0.3 is 32.3 Å². The van der Waals surface area contributed by atoms with E-state index in [9.17, 15) is 64.3 Å². The number of aromatic nitrogens is 6. The molecule has 29 heteroatoms. The van der Waals surface area contributed by atoms with E-state index in [0.717, 1.165) is 26.1 Å². The van der Waals surface area contributed by atoms with Crippen LogP contribution in [-0.4, -0.2) is 117 Å². The number of H-pyrrole nitrogens is 3. The van der Waals surface area contributed by atoms with Gasteiger partial charge in [0, 0.05) is 54.5 Å². The highest BCUT2D eigenvalue weighted by Gasteiger charge is 2.66. The normalized spacial score (nSPS) is 29.5. The molecule has 6 heterocycles. The summed E-state index contributed by atoms with van der Waals surface area (Å²) in [6, 6.07) is 3.53. The third-order valence-corrected chi connectivity index (χ3v) is 15.9. The van der Waals surface area contributed by atoms with Crippen molar-refractivity contribution in [2.75, 3.05) is 33.0 Å². The van der Waals surface area contributed by atoms with Gasteiger partial charge in [-0.2, -0.15) is 10.5 Å².